The molecule has 0 spiro atoms. The molecule has 0 atom stereocenters. The average molecular weight is 284 g/mol. The summed E-state index contributed by atoms with van der Waals surface area (Å²) in [5, 5.41) is 11.4. The van der Waals surface area contributed by atoms with Crippen molar-refractivity contribution < 1.29 is 22.7 Å². The third kappa shape index (κ3) is 2.60. The molecule has 7 heteroatoms. The molecule has 0 aromatic heterocycles. The molecule has 20 heavy (non-hydrogen) atoms. The number of nitrogens with zero attached hydrogens (tertiary/aromatic N) is 1. The van der Waals surface area contributed by atoms with E-state index in [2.05, 4.69) is 5.32 Å². The van der Waals surface area contributed by atoms with Crippen LogP contribution in [0.5, 0.6) is 0 Å². The Morgan fingerprint density at radius 3 is 2.30 bits per heavy atom. The molecule has 1 aliphatic rings. The van der Waals surface area contributed by atoms with Gasteiger partial charge in [-0.2, -0.15) is 5.26 Å². The van der Waals surface area contributed by atoms with Crippen LogP contribution in [0.1, 0.15) is 12.8 Å². The number of carbonyl (C=O) groups is 1. The van der Waals surface area contributed by atoms with Gasteiger partial charge in [-0.15, -0.1) is 0 Å². The maximum Gasteiger partial charge on any atom is 0.245 e. The Morgan fingerprint density at radius 1 is 1.25 bits per heavy atom. The number of nitriles is 1. The van der Waals surface area contributed by atoms with Crippen molar-refractivity contribution in [1.29, 1.82) is 5.26 Å². The first-order valence-corrected chi connectivity index (χ1v) is 5.93. The number of rotatable bonds is 2. The smallest absolute Gasteiger partial charge is 0.245 e. The van der Waals surface area contributed by atoms with E-state index in [9.17, 15) is 18.0 Å². The minimum atomic E-state index is -1.61. The summed E-state index contributed by atoms with van der Waals surface area (Å²) in [5.74, 6) is -5.09. The standard InChI is InChI=1S/C13H11F3N2O2/c14-9-5-8(6-10(15)11(9)16)18-12(19)13(7-17)1-3-20-4-2-13/h5-6H,1-4H2,(H,18,19). The van der Waals surface area contributed by atoms with Gasteiger partial charge in [0.15, 0.2) is 17.5 Å². The minimum absolute atomic E-state index is 0.196. The van der Waals surface area contributed by atoms with Gasteiger partial charge in [0.05, 0.1) is 6.07 Å². The van der Waals surface area contributed by atoms with Gasteiger partial charge in [-0.25, -0.2) is 13.2 Å². The van der Waals surface area contributed by atoms with Crippen molar-refractivity contribution in [2.75, 3.05) is 18.5 Å². The monoisotopic (exact) mass is 284 g/mol. The maximum absolute atomic E-state index is 13.1. The number of hydrogen-bond donors (Lipinski definition) is 1. The highest BCUT2D eigenvalue weighted by atomic mass is 19.2. The molecule has 1 fully saturated rings. The van der Waals surface area contributed by atoms with Crippen molar-refractivity contribution >= 4 is 11.6 Å². The largest absolute Gasteiger partial charge is 0.381 e. The zero-order chi connectivity index (χ0) is 14.8. The van der Waals surface area contributed by atoms with Crippen LogP contribution in [0.4, 0.5) is 18.9 Å². The number of nitrogens with one attached hydrogen (secondary N) is 1. The molecule has 0 saturated carbocycles. The Labute approximate surface area is 113 Å². The molecule has 0 bridgehead atoms. The molecule has 1 heterocycles. The van der Waals surface area contributed by atoms with Gasteiger partial charge in [0.1, 0.15) is 5.41 Å². The van der Waals surface area contributed by atoms with Crippen LogP contribution >= 0.6 is 0 Å². The molecule has 1 N–H and O–H groups in total. The predicted molar refractivity (Wildman–Crippen MR) is 63.0 cm³/mol. The zero-order valence-electron chi connectivity index (χ0n) is 10.4. The summed E-state index contributed by atoms with van der Waals surface area (Å²) in [4.78, 5) is 12.1. The van der Waals surface area contributed by atoms with E-state index >= 15 is 0 Å². The van der Waals surface area contributed by atoms with Crippen molar-refractivity contribution in [3.05, 3.63) is 29.6 Å². The molecule has 1 aliphatic heterocycles. The number of anilines is 1. The van der Waals surface area contributed by atoms with E-state index in [1.807, 2.05) is 6.07 Å². The van der Waals surface area contributed by atoms with Crippen LogP contribution in [0.2, 0.25) is 0 Å². The molecule has 1 aromatic carbocycles. The van der Waals surface area contributed by atoms with Crippen LogP contribution in [-0.2, 0) is 9.53 Å². The highest BCUT2D eigenvalue weighted by Crippen LogP contribution is 2.31. The average Bonchev–Trinajstić information content (AvgIpc) is 2.45. The van der Waals surface area contributed by atoms with Crippen molar-refractivity contribution in [3.8, 4) is 6.07 Å². The Hall–Kier alpha value is -2.07. The van der Waals surface area contributed by atoms with Gasteiger partial charge in [0.25, 0.3) is 0 Å². The zero-order valence-corrected chi connectivity index (χ0v) is 10.4. The first-order valence-electron chi connectivity index (χ1n) is 5.93. The molecular formula is C13H11F3N2O2. The Morgan fingerprint density at radius 2 is 1.80 bits per heavy atom. The molecule has 1 saturated heterocycles. The van der Waals surface area contributed by atoms with Gasteiger partial charge in [0, 0.05) is 31.0 Å². The van der Waals surface area contributed by atoms with Gasteiger partial charge < -0.3 is 10.1 Å². The molecule has 1 amide bonds. The number of halogens is 3. The molecule has 4 nitrogen and oxygen atoms in total. The fourth-order valence-electron chi connectivity index (χ4n) is 1.99. The van der Waals surface area contributed by atoms with Crippen molar-refractivity contribution in [2.45, 2.75) is 12.8 Å². The van der Waals surface area contributed by atoms with Gasteiger partial charge in [0.2, 0.25) is 5.91 Å². The fraction of sp³-hybridized carbons (Fsp3) is 0.385. The summed E-state index contributed by atoms with van der Waals surface area (Å²) in [5.41, 5.74) is -1.52. The third-order valence-corrected chi connectivity index (χ3v) is 3.24. The topological polar surface area (TPSA) is 62.1 Å². The van der Waals surface area contributed by atoms with Gasteiger partial charge in [-0.3, -0.25) is 4.79 Å². The lowest BCUT2D eigenvalue weighted by Gasteiger charge is -2.29. The van der Waals surface area contributed by atoms with E-state index in [4.69, 9.17) is 10.00 Å². The third-order valence-electron chi connectivity index (χ3n) is 3.24. The van der Waals surface area contributed by atoms with Gasteiger partial charge in [-0.1, -0.05) is 0 Å². The first kappa shape index (κ1) is 14.3. The van der Waals surface area contributed by atoms with Gasteiger partial charge in [-0.05, 0) is 12.8 Å². The van der Waals surface area contributed by atoms with E-state index < -0.39 is 28.8 Å². The Bertz CT molecular complexity index is 554. The summed E-state index contributed by atoms with van der Waals surface area (Å²) >= 11 is 0. The number of carbonyl (C=O) groups excluding carboxylic acids is 1. The number of benzene rings is 1. The van der Waals surface area contributed by atoms with Gasteiger partial charge >= 0.3 is 0 Å². The van der Waals surface area contributed by atoms with E-state index in [1.165, 1.54) is 0 Å². The van der Waals surface area contributed by atoms with Crippen LogP contribution < -0.4 is 5.32 Å². The van der Waals surface area contributed by atoms with Crippen LogP contribution in [0.3, 0.4) is 0 Å². The highest BCUT2D eigenvalue weighted by molar-refractivity contribution is 5.97. The number of amides is 1. The molecular weight excluding hydrogens is 273 g/mol. The van der Waals surface area contributed by atoms with Crippen molar-refractivity contribution in [3.63, 3.8) is 0 Å². The summed E-state index contributed by atoms with van der Waals surface area (Å²) in [6.07, 6.45) is 0.392. The fourth-order valence-corrected chi connectivity index (χ4v) is 1.99. The lowest BCUT2D eigenvalue weighted by atomic mass is 9.81. The number of hydrogen-bond acceptors (Lipinski definition) is 3. The summed E-state index contributed by atoms with van der Waals surface area (Å²) < 4.78 is 44.0. The second-order valence-corrected chi connectivity index (χ2v) is 4.51. The van der Waals surface area contributed by atoms with Crippen LogP contribution in [-0.4, -0.2) is 19.1 Å². The van der Waals surface area contributed by atoms with E-state index in [0.29, 0.717) is 12.1 Å². The Balaban J connectivity index is 2.21. The van der Waals surface area contributed by atoms with E-state index in [-0.39, 0.29) is 31.7 Å². The molecule has 2 rings (SSSR count). The molecule has 0 unspecified atom stereocenters. The molecule has 0 radical (unpaired) electrons. The lowest BCUT2D eigenvalue weighted by Crippen LogP contribution is -2.40. The van der Waals surface area contributed by atoms with E-state index in [0.717, 1.165) is 0 Å². The quantitative estimate of drug-likeness (QED) is 0.848. The summed E-state index contributed by atoms with van der Waals surface area (Å²) in [7, 11) is 0. The van der Waals surface area contributed by atoms with E-state index in [1.54, 1.807) is 0 Å². The molecule has 1 aromatic rings. The first-order chi connectivity index (χ1) is 9.48. The highest BCUT2D eigenvalue weighted by Gasteiger charge is 2.40. The van der Waals surface area contributed by atoms with Crippen LogP contribution in [0, 0.1) is 34.2 Å². The summed E-state index contributed by atoms with van der Waals surface area (Å²) in [6, 6.07) is 3.26. The van der Waals surface area contributed by atoms with Crippen LogP contribution in [0.25, 0.3) is 0 Å². The van der Waals surface area contributed by atoms with Crippen LogP contribution in [0.15, 0.2) is 12.1 Å². The SMILES string of the molecule is N#CC1(C(=O)Nc2cc(F)c(F)c(F)c2)CCOCC1. The van der Waals surface area contributed by atoms with Crippen molar-refractivity contribution in [2.24, 2.45) is 5.41 Å². The Kier molecular flexibility index (Phi) is 3.95. The molecule has 106 valence electrons. The second kappa shape index (κ2) is 5.51. The molecule has 0 aliphatic carbocycles. The summed E-state index contributed by atoms with van der Waals surface area (Å²) in [6.45, 7) is 0.514. The lowest BCUT2D eigenvalue weighted by molar-refractivity contribution is -0.126. The minimum Gasteiger partial charge on any atom is -0.381 e. The number of ether oxygens (including phenoxy) is 1. The maximum atomic E-state index is 13.1. The normalized spacial score (nSPS) is 17.3. The predicted octanol–water partition coefficient (Wildman–Crippen LogP) is 2.36. The van der Waals surface area contributed by atoms with Crippen molar-refractivity contribution in [1.82, 2.24) is 0 Å². The second-order valence-electron chi connectivity index (χ2n) is 4.51.